The third kappa shape index (κ3) is 28.3. The van der Waals surface area contributed by atoms with Crippen LogP contribution in [-0.2, 0) is 9.13 Å². The highest BCUT2D eigenvalue weighted by atomic mass is 32.2. The standard InChI is InChI=1S/C17H25N4O2P.C15H21N4O2P.C14H19N5O.C14H18N4OS.C13H17N5O.C13H16N4OS/c1-6-24(22,7-2)16-8-14(13(9-20-16)11(3)4)23-15-10-19-12(5)21-17(15)18;1-9(2)11-7-18-14(22(4,5)20)6-12(11)21-13-8-17-10(3)19-15(13)16;1-8(2)10-6-18-13(16-4)5-11(10)20-12-7-17-9(3)19-14(12)15;1-8(2)10-6-17-13(20-4)5-11(10)19-12-7-16-9(3)18-14(12)15;1-7(2)9-5-17-12(14)4-10(9)19-11-6-16-8(3)18-13(11)15;1-7(2)9-5-16-12(19)4-10(9)18-11-6-15-8(3)17-13(11)14/h8-11H,6-7H2,1-5H3,(H2,18,19,21);6-9H,1-5H3,(H2,16,17,19);5-8H,1-4H3,(H,16,18)(H2,15,17,19);5-8H,1-4H3,(H2,15,16,18);4-7H,1-3H3,(H2,14,17)(H2,15,16,18);4-7H,1-3H3,(H,16,19)(H2,14,15,17). The largest absolute Gasteiger partial charge is 0.451 e. The molecule has 12 rings (SSSR count). The number of rotatable bonds is 24. The Morgan fingerprint density at radius 1 is 0.363 bits per heavy atom. The lowest BCUT2D eigenvalue weighted by Crippen LogP contribution is -2.14. The maximum Gasteiger partial charge on any atom is 0.187 e. The maximum absolute atomic E-state index is 13.0. The molecule has 0 amide bonds. The second-order valence-corrected chi connectivity index (χ2v) is 38.4. The molecule has 0 bridgehead atoms. The average Bonchev–Trinajstić information content (AvgIpc) is 0.791. The third-order valence-corrected chi connectivity index (χ3v) is 23.6. The van der Waals surface area contributed by atoms with Gasteiger partial charge < -0.3 is 88.0 Å². The first kappa shape index (κ1) is 98.7. The lowest BCUT2D eigenvalue weighted by molar-refractivity contribution is 0.467. The summed E-state index contributed by atoms with van der Waals surface area (Å²) < 4.78 is 61.0. The molecule has 12 aromatic rings. The molecule has 0 aromatic carbocycles. The Morgan fingerprint density at radius 3 is 0.935 bits per heavy atom. The predicted octanol–water partition coefficient (Wildman–Crippen LogP) is 18.4. The minimum absolute atomic E-state index is 0.205. The first-order valence-electron chi connectivity index (χ1n) is 39.9. The van der Waals surface area contributed by atoms with Crippen molar-refractivity contribution in [3.8, 4) is 69.0 Å². The Morgan fingerprint density at radius 2 is 0.637 bits per heavy atom. The zero-order chi connectivity index (χ0) is 91.8. The van der Waals surface area contributed by atoms with E-state index in [4.69, 9.17) is 80.8 Å². The normalized spacial score (nSPS) is 11.1. The molecule has 0 aliphatic heterocycles. The molecule has 0 saturated heterocycles. The zero-order valence-corrected chi connectivity index (χ0v) is 78.3. The zero-order valence-electron chi connectivity index (χ0n) is 74.9. The number of aryl methyl sites for hydroxylation is 6. The molecule has 16 N–H and O–H groups in total. The summed E-state index contributed by atoms with van der Waals surface area (Å²) in [7, 11) is -3.15. The van der Waals surface area contributed by atoms with Crippen molar-refractivity contribution in [3.05, 3.63) is 184 Å². The Balaban J connectivity index is 0.000000205. The van der Waals surface area contributed by atoms with E-state index in [1.54, 1.807) is 153 Å². The second kappa shape index (κ2) is 45.1. The smallest absolute Gasteiger partial charge is 0.187 e. The van der Waals surface area contributed by atoms with Gasteiger partial charge in [0.1, 0.15) is 111 Å². The molecule has 0 aliphatic rings. The number of hydrogen-bond acceptors (Lipinski definition) is 35. The number of pyridine rings is 6. The van der Waals surface area contributed by atoms with Gasteiger partial charge >= 0.3 is 0 Å². The van der Waals surface area contributed by atoms with Crippen LogP contribution in [0.15, 0.2) is 116 Å². The molecule has 38 heteroatoms. The van der Waals surface area contributed by atoms with Crippen LogP contribution in [0.1, 0.15) is 201 Å². The van der Waals surface area contributed by atoms with E-state index < -0.39 is 14.3 Å². The number of ether oxygens (including phenoxy) is 6. The van der Waals surface area contributed by atoms with Crippen LogP contribution in [0, 0.1) is 46.2 Å². The van der Waals surface area contributed by atoms with Gasteiger partial charge in [-0.3, -0.25) is 9.97 Å². The van der Waals surface area contributed by atoms with Crippen molar-refractivity contribution in [2.24, 2.45) is 0 Å². The van der Waals surface area contributed by atoms with Gasteiger partial charge in [-0.15, -0.1) is 11.8 Å². The third-order valence-electron chi connectivity index (χ3n) is 18.3. The van der Waals surface area contributed by atoms with Crippen LogP contribution in [0.2, 0.25) is 0 Å². The van der Waals surface area contributed by atoms with E-state index in [0.29, 0.717) is 167 Å². The first-order chi connectivity index (χ1) is 58.4. The lowest BCUT2D eigenvalue weighted by atomic mass is 10.0. The molecular weight excluding hydrogens is 1650 g/mol. The van der Waals surface area contributed by atoms with Crippen LogP contribution in [0.25, 0.3) is 0 Å². The van der Waals surface area contributed by atoms with Crippen LogP contribution >= 0.6 is 38.3 Å². The quantitative estimate of drug-likeness (QED) is 0.0154. The fraction of sp³-hybridized carbons (Fsp3) is 0.372. The number of aromatic nitrogens is 18. The Bertz CT molecular complexity index is 5690. The Hall–Kier alpha value is -12.4. The van der Waals surface area contributed by atoms with E-state index in [0.717, 1.165) is 50.0 Å². The highest BCUT2D eigenvalue weighted by Gasteiger charge is 2.26. The van der Waals surface area contributed by atoms with Gasteiger partial charge in [-0.25, -0.2) is 74.8 Å². The fourth-order valence-electron chi connectivity index (χ4n) is 11.2. The monoisotopic (exact) mass is 1770 g/mol. The van der Waals surface area contributed by atoms with Crippen LogP contribution in [-0.4, -0.2) is 129 Å². The van der Waals surface area contributed by atoms with Gasteiger partial charge in [-0.1, -0.05) is 109 Å². The average molecular weight is 1770 g/mol. The van der Waals surface area contributed by atoms with Crippen LogP contribution in [0.4, 0.5) is 46.5 Å². The van der Waals surface area contributed by atoms with Gasteiger partial charge in [0.2, 0.25) is 0 Å². The van der Waals surface area contributed by atoms with Crippen molar-refractivity contribution >= 4 is 95.7 Å². The van der Waals surface area contributed by atoms with Gasteiger partial charge in [-0.2, -0.15) is 0 Å². The van der Waals surface area contributed by atoms with Gasteiger partial charge in [0.05, 0.1) is 42.2 Å². The molecule has 0 aliphatic carbocycles. The number of nitrogens with one attached hydrogen (secondary N) is 2. The lowest BCUT2D eigenvalue weighted by Gasteiger charge is -2.18. The molecule has 0 saturated carbocycles. The van der Waals surface area contributed by atoms with Crippen LogP contribution < -0.4 is 84.7 Å². The summed E-state index contributed by atoms with van der Waals surface area (Å²) in [6.45, 7) is 42.6. The minimum atomic E-state index is -2.49. The number of H-pyrrole nitrogens is 1. The molecule has 12 heterocycles. The molecule has 660 valence electrons. The van der Waals surface area contributed by atoms with Crippen molar-refractivity contribution in [2.75, 3.05) is 84.4 Å². The van der Waals surface area contributed by atoms with Crippen molar-refractivity contribution in [1.82, 2.24) is 89.7 Å². The number of thioether (sulfide) groups is 1. The van der Waals surface area contributed by atoms with Crippen LogP contribution in [0.5, 0.6) is 69.0 Å². The van der Waals surface area contributed by atoms with Crippen molar-refractivity contribution in [1.29, 1.82) is 0 Å². The van der Waals surface area contributed by atoms with E-state index in [9.17, 15) is 9.13 Å². The minimum Gasteiger partial charge on any atom is -0.451 e. The molecule has 0 unspecified atom stereocenters. The molecule has 12 aromatic heterocycles. The Kier molecular flexibility index (Phi) is 35.9. The summed E-state index contributed by atoms with van der Waals surface area (Å²) in [6, 6.07) is 10.7. The molecule has 0 atom stereocenters. The summed E-state index contributed by atoms with van der Waals surface area (Å²) in [6.07, 6.45) is 23.2. The topological polar surface area (TPSA) is 519 Å². The van der Waals surface area contributed by atoms with Gasteiger partial charge in [0.25, 0.3) is 0 Å². The number of hydrogen-bond donors (Lipinski definition) is 9. The van der Waals surface area contributed by atoms with Gasteiger partial charge in [-0.05, 0) is 96.6 Å². The molecule has 0 spiro atoms. The van der Waals surface area contributed by atoms with Crippen molar-refractivity contribution in [2.45, 2.75) is 179 Å². The Labute approximate surface area is 734 Å². The maximum atomic E-state index is 13.0. The fourth-order valence-corrected chi connectivity index (χ4v) is 14.2. The number of nitrogens with zero attached hydrogens (tertiary/aromatic N) is 17. The van der Waals surface area contributed by atoms with E-state index in [1.165, 1.54) is 0 Å². The number of nitrogens with two attached hydrogens (primary N) is 7. The van der Waals surface area contributed by atoms with Crippen molar-refractivity contribution < 1.29 is 37.6 Å². The van der Waals surface area contributed by atoms with Crippen LogP contribution in [0.3, 0.4) is 0 Å². The molecule has 34 nitrogen and oxygen atoms in total. The molecule has 0 fully saturated rings. The molecular formula is C86H116N26O8P2S2. The molecule has 0 radical (unpaired) electrons. The first-order valence-corrected chi connectivity index (χ1v) is 46.2. The highest BCUT2D eigenvalue weighted by Crippen LogP contribution is 2.46. The summed E-state index contributed by atoms with van der Waals surface area (Å²) >= 11 is 6.68. The van der Waals surface area contributed by atoms with Gasteiger partial charge in [0, 0.05) is 126 Å². The number of anilines is 8. The second-order valence-electron chi connectivity index (χ2n) is 30.5. The highest BCUT2D eigenvalue weighted by molar-refractivity contribution is 7.98. The van der Waals surface area contributed by atoms with Crippen molar-refractivity contribution in [3.63, 3.8) is 0 Å². The SMILES string of the molecule is CCP(=O)(CC)c1cc(Oc2cnc(C)nc2N)c(C(C)C)cn1.CNc1cc(Oc2cnc(C)nc2N)c(C(C)C)cn1.CSc1cc(Oc2cnc(C)nc2N)c(C(C)C)cn1.Cc1ncc(Oc2cc(=S)[nH]cc2C(C)C)c(N)n1.Cc1ncc(Oc2cc(N)ncc2C(C)C)c(N)n1.Cc1ncc(Oc2cc(P(C)(C)=O)ncc2C(C)C)c(N)n1. The van der Waals surface area contributed by atoms with E-state index in [-0.39, 0.29) is 35.3 Å². The van der Waals surface area contributed by atoms with E-state index in [2.05, 4.69) is 164 Å². The van der Waals surface area contributed by atoms with Gasteiger partial charge in [0.15, 0.2) is 69.4 Å². The predicted molar refractivity (Wildman–Crippen MR) is 498 cm³/mol. The molecule has 124 heavy (non-hydrogen) atoms. The van der Waals surface area contributed by atoms with E-state index >= 15 is 0 Å². The number of nitrogen functional groups attached to an aromatic ring is 7. The summed E-state index contributed by atoms with van der Waals surface area (Å²) in [4.78, 5) is 73.7. The summed E-state index contributed by atoms with van der Waals surface area (Å²) in [5, 5.41) is 3.89. The summed E-state index contributed by atoms with van der Waals surface area (Å²) in [5.41, 5.74) is 47.8. The number of aromatic amines is 1. The summed E-state index contributed by atoms with van der Waals surface area (Å²) in [5.74, 6) is 14.7. The van der Waals surface area contributed by atoms with E-state index in [1.807, 2.05) is 65.5 Å².